The van der Waals surface area contributed by atoms with Crippen molar-refractivity contribution in [1.82, 2.24) is 0 Å². The van der Waals surface area contributed by atoms with E-state index >= 15 is 0 Å². The standard InChI is InChI=1S/C22H30N2O2/c1-2-23-13-15-24(16-14-23)17-21(25)18-26-22(19-9-5-3-6-10-19)20-11-7-4-8-12-20/h3-12,21-22,25H,2,13-18H2,1H3/p+2/t21-/m1/s1. The molecule has 1 saturated heterocycles. The Kier molecular flexibility index (Phi) is 7.21. The molecule has 2 aromatic carbocycles. The first-order chi connectivity index (χ1) is 12.8. The number of aliphatic hydroxyl groups is 1. The molecule has 0 spiro atoms. The van der Waals surface area contributed by atoms with Crippen LogP contribution in [0.2, 0.25) is 0 Å². The minimum absolute atomic E-state index is 0.136. The van der Waals surface area contributed by atoms with Gasteiger partial charge in [0.15, 0.2) is 0 Å². The van der Waals surface area contributed by atoms with Crippen LogP contribution < -0.4 is 9.80 Å². The van der Waals surface area contributed by atoms with E-state index in [0.29, 0.717) is 6.61 Å². The Hall–Kier alpha value is -1.72. The molecule has 0 amide bonds. The van der Waals surface area contributed by atoms with E-state index in [1.165, 1.54) is 24.5 Å². The third kappa shape index (κ3) is 5.39. The summed E-state index contributed by atoms with van der Waals surface area (Å²) < 4.78 is 6.19. The molecule has 0 aliphatic carbocycles. The van der Waals surface area contributed by atoms with Gasteiger partial charge in [0.25, 0.3) is 0 Å². The highest BCUT2D eigenvalue weighted by molar-refractivity contribution is 5.29. The molecule has 0 saturated carbocycles. The number of benzene rings is 2. The molecular formula is C22H32N2O2+2. The van der Waals surface area contributed by atoms with E-state index in [1.807, 2.05) is 36.4 Å². The molecule has 4 nitrogen and oxygen atoms in total. The number of nitrogens with one attached hydrogen (secondary N) is 2. The van der Waals surface area contributed by atoms with Crippen molar-refractivity contribution in [3.63, 3.8) is 0 Å². The molecule has 4 heteroatoms. The van der Waals surface area contributed by atoms with Crippen molar-refractivity contribution < 1.29 is 19.6 Å². The molecule has 0 unspecified atom stereocenters. The number of quaternary nitrogens is 2. The summed E-state index contributed by atoms with van der Waals surface area (Å²) in [6.45, 7) is 9.27. The van der Waals surface area contributed by atoms with Gasteiger partial charge in [0.1, 0.15) is 44.9 Å². The highest BCUT2D eigenvalue weighted by atomic mass is 16.5. The predicted molar refractivity (Wildman–Crippen MR) is 103 cm³/mol. The zero-order valence-electron chi connectivity index (χ0n) is 15.7. The predicted octanol–water partition coefficient (Wildman–Crippen LogP) is -0.0432. The number of ether oxygens (including phenoxy) is 1. The Morgan fingerprint density at radius 1 is 0.846 bits per heavy atom. The fourth-order valence-corrected chi connectivity index (χ4v) is 3.75. The molecular weight excluding hydrogens is 324 g/mol. The van der Waals surface area contributed by atoms with Crippen molar-refractivity contribution in [1.29, 1.82) is 0 Å². The first-order valence-electron chi connectivity index (χ1n) is 9.83. The number of rotatable bonds is 8. The summed E-state index contributed by atoms with van der Waals surface area (Å²) in [6, 6.07) is 20.5. The van der Waals surface area contributed by atoms with Gasteiger partial charge in [0, 0.05) is 0 Å². The van der Waals surface area contributed by atoms with E-state index in [0.717, 1.165) is 30.8 Å². The smallest absolute Gasteiger partial charge is 0.127 e. The van der Waals surface area contributed by atoms with Crippen LogP contribution in [0.3, 0.4) is 0 Å². The summed E-state index contributed by atoms with van der Waals surface area (Å²) in [4.78, 5) is 3.17. The quantitative estimate of drug-likeness (QED) is 0.621. The molecule has 1 aliphatic heterocycles. The third-order valence-corrected chi connectivity index (χ3v) is 5.35. The van der Waals surface area contributed by atoms with Crippen molar-refractivity contribution in [2.75, 3.05) is 45.9 Å². The lowest BCUT2D eigenvalue weighted by molar-refractivity contribution is -1.01. The van der Waals surface area contributed by atoms with Crippen molar-refractivity contribution in [2.24, 2.45) is 0 Å². The van der Waals surface area contributed by atoms with E-state index in [1.54, 1.807) is 4.90 Å². The molecule has 0 bridgehead atoms. The number of hydrogen-bond donors (Lipinski definition) is 3. The van der Waals surface area contributed by atoms with Crippen LogP contribution in [-0.4, -0.2) is 57.1 Å². The van der Waals surface area contributed by atoms with Crippen LogP contribution in [0.1, 0.15) is 24.2 Å². The van der Waals surface area contributed by atoms with Crippen molar-refractivity contribution in [2.45, 2.75) is 19.1 Å². The maximum atomic E-state index is 10.5. The second-order valence-electron chi connectivity index (χ2n) is 7.25. The van der Waals surface area contributed by atoms with Gasteiger partial charge in [-0.15, -0.1) is 0 Å². The minimum atomic E-state index is -0.428. The highest BCUT2D eigenvalue weighted by Gasteiger charge is 2.24. The lowest BCUT2D eigenvalue weighted by atomic mass is 10.0. The average Bonchev–Trinajstić information content (AvgIpc) is 2.70. The summed E-state index contributed by atoms with van der Waals surface area (Å²) in [6.07, 6.45) is -0.563. The fourth-order valence-electron chi connectivity index (χ4n) is 3.75. The summed E-state index contributed by atoms with van der Waals surface area (Å²) in [5.74, 6) is 0. The first-order valence-corrected chi connectivity index (χ1v) is 9.83. The molecule has 0 radical (unpaired) electrons. The maximum Gasteiger partial charge on any atom is 0.127 e. The Morgan fingerprint density at radius 2 is 1.35 bits per heavy atom. The van der Waals surface area contributed by atoms with Gasteiger partial charge in [0.05, 0.1) is 13.2 Å². The Labute approximate surface area is 157 Å². The molecule has 3 N–H and O–H groups in total. The topological polar surface area (TPSA) is 38.3 Å². The van der Waals surface area contributed by atoms with Gasteiger partial charge in [0.2, 0.25) is 0 Å². The van der Waals surface area contributed by atoms with Gasteiger partial charge in [-0.25, -0.2) is 0 Å². The molecule has 1 aliphatic rings. The van der Waals surface area contributed by atoms with Gasteiger partial charge in [-0.1, -0.05) is 60.7 Å². The second kappa shape index (κ2) is 9.83. The zero-order chi connectivity index (χ0) is 18.2. The first kappa shape index (κ1) is 19.1. The SMILES string of the molecule is CC[NH+]1CC[NH+](C[C@@H](O)COC(c2ccccc2)c2ccccc2)CC1. The van der Waals surface area contributed by atoms with Gasteiger partial charge >= 0.3 is 0 Å². The van der Waals surface area contributed by atoms with Crippen LogP contribution in [0, 0.1) is 0 Å². The van der Waals surface area contributed by atoms with Crippen LogP contribution in [-0.2, 0) is 4.74 Å². The Balaban J connectivity index is 1.56. The minimum Gasteiger partial charge on any atom is -0.385 e. The van der Waals surface area contributed by atoms with Gasteiger partial charge in [-0.3, -0.25) is 0 Å². The number of hydrogen-bond acceptors (Lipinski definition) is 2. The molecule has 3 rings (SSSR count). The van der Waals surface area contributed by atoms with Crippen molar-refractivity contribution in [3.8, 4) is 0 Å². The summed E-state index contributed by atoms with van der Waals surface area (Å²) in [5, 5.41) is 10.5. The number of piperazine rings is 1. The van der Waals surface area contributed by atoms with Crippen LogP contribution in [0.5, 0.6) is 0 Å². The zero-order valence-corrected chi connectivity index (χ0v) is 15.7. The van der Waals surface area contributed by atoms with Crippen LogP contribution in [0.15, 0.2) is 60.7 Å². The average molecular weight is 357 g/mol. The van der Waals surface area contributed by atoms with Crippen LogP contribution in [0.25, 0.3) is 0 Å². The molecule has 2 aromatic rings. The largest absolute Gasteiger partial charge is 0.385 e. The molecule has 1 fully saturated rings. The normalized spacial score (nSPS) is 21.7. The van der Waals surface area contributed by atoms with E-state index in [2.05, 4.69) is 31.2 Å². The monoisotopic (exact) mass is 356 g/mol. The Bertz CT molecular complexity index is 588. The van der Waals surface area contributed by atoms with E-state index in [9.17, 15) is 5.11 Å². The van der Waals surface area contributed by atoms with Crippen molar-refractivity contribution in [3.05, 3.63) is 71.8 Å². The Morgan fingerprint density at radius 3 is 1.85 bits per heavy atom. The number of likely N-dealkylation sites (N-methyl/N-ethyl adjacent to an activating group) is 1. The highest BCUT2D eigenvalue weighted by Crippen LogP contribution is 2.25. The molecule has 1 atom stereocenters. The lowest BCUT2D eigenvalue weighted by Gasteiger charge is -2.30. The molecule has 0 aromatic heterocycles. The summed E-state index contributed by atoms with van der Waals surface area (Å²) >= 11 is 0. The van der Waals surface area contributed by atoms with Gasteiger partial charge in [-0.05, 0) is 18.1 Å². The summed E-state index contributed by atoms with van der Waals surface area (Å²) in [7, 11) is 0. The van der Waals surface area contributed by atoms with E-state index in [4.69, 9.17) is 4.74 Å². The number of aliphatic hydroxyl groups excluding tert-OH is 1. The molecule has 26 heavy (non-hydrogen) atoms. The fraction of sp³-hybridized carbons (Fsp3) is 0.455. The third-order valence-electron chi connectivity index (χ3n) is 5.35. The van der Waals surface area contributed by atoms with E-state index in [-0.39, 0.29) is 6.10 Å². The van der Waals surface area contributed by atoms with Crippen LogP contribution in [0.4, 0.5) is 0 Å². The molecule has 1 heterocycles. The maximum absolute atomic E-state index is 10.5. The van der Waals surface area contributed by atoms with Gasteiger partial charge < -0.3 is 19.6 Å². The lowest BCUT2D eigenvalue weighted by Crippen LogP contribution is -3.28. The van der Waals surface area contributed by atoms with E-state index < -0.39 is 6.10 Å². The second-order valence-corrected chi connectivity index (χ2v) is 7.25. The molecule has 140 valence electrons. The summed E-state index contributed by atoms with van der Waals surface area (Å²) in [5.41, 5.74) is 2.25. The van der Waals surface area contributed by atoms with Crippen LogP contribution >= 0.6 is 0 Å². The van der Waals surface area contributed by atoms with Crippen molar-refractivity contribution >= 4 is 0 Å². The van der Waals surface area contributed by atoms with Gasteiger partial charge in [-0.2, -0.15) is 0 Å².